The first-order valence-corrected chi connectivity index (χ1v) is 7.88. The van der Waals surface area contributed by atoms with Gasteiger partial charge in [-0.3, -0.25) is 0 Å². The third-order valence-corrected chi connectivity index (χ3v) is 4.04. The molecule has 0 saturated heterocycles. The van der Waals surface area contributed by atoms with Crippen molar-refractivity contribution < 1.29 is 0 Å². The van der Waals surface area contributed by atoms with Crippen molar-refractivity contribution >= 4 is 22.6 Å². The molecule has 0 radical (unpaired) electrons. The lowest BCUT2D eigenvalue weighted by Crippen LogP contribution is -2.11. The Bertz CT molecular complexity index is 519. The van der Waals surface area contributed by atoms with E-state index in [1.165, 1.54) is 33.1 Å². The maximum absolute atomic E-state index is 6.33. The Balaban J connectivity index is 2.13. The molecule has 0 spiro atoms. The van der Waals surface area contributed by atoms with Crippen molar-refractivity contribution in [3.8, 4) is 0 Å². The van der Waals surface area contributed by atoms with Crippen LogP contribution in [0.4, 0.5) is 0 Å². The van der Waals surface area contributed by atoms with E-state index in [1.807, 2.05) is 0 Å². The fourth-order valence-corrected chi connectivity index (χ4v) is 2.73. The fourth-order valence-electron chi connectivity index (χ4n) is 2.17. The number of hydrogen-bond donors (Lipinski definition) is 1. The molecular formula is C17H20IN. The van der Waals surface area contributed by atoms with Gasteiger partial charge in [0.1, 0.15) is 0 Å². The highest BCUT2D eigenvalue weighted by molar-refractivity contribution is 14.1. The van der Waals surface area contributed by atoms with Crippen LogP contribution >= 0.6 is 22.6 Å². The van der Waals surface area contributed by atoms with Crippen LogP contribution < -0.4 is 5.73 Å². The van der Waals surface area contributed by atoms with Gasteiger partial charge in [-0.2, -0.15) is 0 Å². The lowest BCUT2D eigenvalue weighted by Gasteiger charge is -2.13. The second-order valence-electron chi connectivity index (χ2n) is 4.88. The summed E-state index contributed by atoms with van der Waals surface area (Å²) in [4.78, 5) is 0. The van der Waals surface area contributed by atoms with Gasteiger partial charge in [0.05, 0.1) is 6.04 Å². The number of benzene rings is 2. The monoisotopic (exact) mass is 365 g/mol. The average Bonchev–Trinajstić information content (AvgIpc) is 2.45. The zero-order valence-electron chi connectivity index (χ0n) is 11.3. The molecule has 0 amide bonds. The Kier molecular flexibility index (Phi) is 5.40. The van der Waals surface area contributed by atoms with Gasteiger partial charge >= 0.3 is 0 Å². The minimum atomic E-state index is -0.0325. The molecule has 2 N–H and O–H groups in total. The topological polar surface area (TPSA) is 26.0 Å². The van der Waals surface area contributed by atoms with E-state index in [1.54, 1.807) is 0 Å². The lowest BCUT2D eigenvalue weighted by molar-refractivity contribution is 0.793. The summed E-state index contributed by atoms with van der Waals surface area (Å²) in [6.45, 7) is 2.22. The average molecular weight is 365 g/mol. The Labute approximate surface area is 129 Å². The smallest absolute Gasteiger partial charge is 0.0552 e. The molecule has 19 heavy (non-hydrogen) atoms. The van der Waals surface area contributed by atoms with Crippen LogP contribution in [0.5, 0.6) is 0 Å². The fraction of sp³-hybridized carbons (Fsp3) is 0.294. The van der Waals surface area contributed by atoms with Gasteiger partial charge in [-0.15, -0.1) is 0 Å². The van der Waals surface area contributed by atoms with Crippen LogP contribution in [0.3, 0.4) is 0 Å². The molecule has 1 nitrogen and oxygen atoms in total. The number of halogens is 1. The number of unbranched alkanes of at least 4 members (excludes halogenated alkanes) is 1. The van der Waals surface area contributed by atoms with Gasteiger partial charge in [0.15, 0.2) is 0 Å². The summed E-state index contributed by atoms with van der Waals surface area (Å²) in [5, 5.41) is 0. The Morgan fingerprint density at radius 2 is 1.79 bits per heavy atom. The molecule has 0 aliphatic heterocycles. The standard InChI is InChI=1S/C17H20IN/c1-2-3-5-13-8-10-14(11-9-13)17(19)15-6-4-7-16(18)12-15/h4,6-12,17H,2-3,5,19H2,1H3. The quantitative estimate of drug-likeness (QED) is 0.765. The first kappa shape index (κ1) is 14.5. The van der Waals surface area contributed by atoms with E-state index in [4.69, 9.17) is 5.73 Å². The molecule has 1 unspecified atom stereocenters. The molecule has 1 atom stereocenters. The van der Waals surface area contributed by atoms with E-state index in [9.17, 15) is 0 Å². The Morgan fingerprint density at radius 3 is 2.42 bits per heavy atom. The summed E-state index contributed by atoms with van der Waals surface area (Å²) in [6.07, 6.45) is 3.65. The summed E-state index contributed by atoms with van der Waals surface area (Å²) >= 11 is 2.32. The van der Waals surface area contributed by atoms with Crippen molar-refractivity contribution in [3.05, 3.63) is 68.8 Å². The largest absolute Gasteiger partial charge is 0.320 e. The van der Waals surface area contributed by atoms with Gasteiger partial charge in [0, 0.05) is 3.57 Å². The molecule has 0 bridgehead atoms. The molecule has 0 aliphatic carbocycles. The van der Waals surface area contributed by atoms with Crippen molar-refractivity contribution in [2.45, 2.75) is 32.2 Å². The maximum Gasteiger partial charge on any atom is 0.0552 e. The van der Waals surface area contributed by atoms with Gasteiger partial charge in [0.25, 0.3) is 0 Å². The third kappa shape index (κ3) is 4.05. The van der Waals surface area contributed by atoms with Gasteiger partial charge in [0.2, 0.25) is 0 Å². The SMILES string of the molecule is CCCCc1ccc(C(N)c2cccc(I)c2)cc1. The maximum atomic E-state index is 6.33. The second kappa shape index (κ2) is 7.06. The van der Waals surface area contributed by atoms with Crippen LogP contribution in [-0.4, -0.2) is 0 Å². The molecule has 0 fully saturated rings. The van der Waals surface area contributed by atoms with Crippen molar-refractivity contribution in [2.75, 3.05) is 0 Å². The van der Waals surface area contributed by atoms with E-state index < -0.39 is 0 Å². The second-order valence-corrected chi connectivity index (χ2v) is 6.12. The molecule has 0 aliphatic rings. The van der Waals surface area contributed by atoms with Crippen molar-refractivity contribution in [1.82, 2.24) is 0 Å². The summed E-state index contributed by atoms with van der Waals surface area (Å²) in [5.74, 6) is 0. The van der Waals surface area contributed by atoms with E-state index in [0.29, 0.717) is 0 Å². The predicted molar refractivity (Wildman–Crippen MR) is 90.2 cm³/mol. The van der Waals surface area contributed by atoms with Crippen LogP contribution in [0.1, 0.15) is 42.5 Å². The molecular weight excluding hydrogens is 345 g/mol. The highest BCUT2D eigenvalue weighted by Gasteiger charge is 2.08. The third-order valence-electron chi connectivity index (χ3n) is 3.37. The summed E-state index contributed by atoms with van der Waals surface area (Å²) in [6, 6.07) is 17.1. The summed E-state index contributed by atoms with van der Waals surface area (Å²) in [5.41, 5.74) is 10.1. The van der Waals surface area contributed by atoms with Gasteiger partial charge in [-0.05, 0) is 64.3 Å². The highest BCUT2D eigenvalue weighted by Crippen LogP contribution is 2.21. The minimum Gasteiger partial charge on any atom is -0.320 e. The van der Waals surface area contributed by atoms with Crippen LogP contribution in [-0.2, 0) is 6.42 Å². The van der Waals surface area contributed by atoms with Gasteiger partial charge < -0.3 is 5.73 Å². The van der Waals surface area contributed by atoms with Crippen molar-refractivity contribution in [3.63, 3.8) is 0 Å². The lowest BCUT2D eigenvalue weighted by atomic mass is 9.97. The zero-order valence-corrected chi connectivity index (χ0v) is 13.4. The molecule has 2 aromatic carbocycles. The number of rotatable bonds is 5. The Morgan fingerprint density at radius 1 is 1.05 bits per heavy atom. The van der Waals surface area contributed by atoms with E-state index in [-0.39, 0.29) is 6.04 Å². The normalized spacial score (nSPS) is 12.4. The first-order valence-electron chi connectivity index (χ1n) is 6.80. The molecule has 0 heterocycles. The summed E-state index contributed by atoms with van der Waals surface area (Å²) < 4.78 is 1.23. The van der Waals surface area contributed by atoms with E-state index in [0.717, 1.165) is 6.42 Å². The molecule has 0 aromatic heterocycles. The molecule has 0 saturated carbocycles. The van der Waals surface area contributed by atoms with Crippen LogP contribution in [0.15, 0.2) is 48.5 Å². The van der Waals surface area contributed by atoms with Crippen molar-refractivity contribution in [2.24, 2.45) is 5.73 Å². The Hall–Kier alpha value is -0.870. The van der Waals surface area contributed by atoms with Gasteiger partial charge in [-0.25, -0.2) is 0 Å². The predicted octanol–water partition coefficient (Wildman–Crippen LogP) is 4.68. The van der Waals surface area contributed by atoms with Crippen LogP contribution in [0.25, 0.3) is 0 Å². The molecule has 2 heteroatoms. The van der Waals surface area contributed by atoms with Crippen LogP contribution in [0.2, 0.25) is 0 Å². The number of aryl methyl sites for hydroxylation is 1. The van der Waals surface area contributed by atoms with Crippen LogP contribution in [0, 0.1) is 3.57 Å². The van der Waals surface area contributed by atoms with Gasteiger partial charge in [-0.1, -0.05) is 49.7 Å². The minimum absolute atomic E-state index is 0.0325. The molecule has 2 rings (SSSR count). The van der Waals surface area contributed by atoms with E-state index >= 15 is 0 Å². The highest BCUT2D eigenvalue weighted by atomic mass is 127. The summed E-state index contributed by atoms with van der Waals surface area (Å²) in [7, 11) is 0. The molecule has 2 aromatic rings. The number of hydrogen-bond acceptors (Lipinski definition) is 1. The number of nitrogens with two attached hydrogens (primary N) is 1. The van der Waals surface area contributed by atoms with E-state index in [2.05, 4.69) is 78.0 Å². The zero-order chi connectivity index (χ0) is 13.7. The first-order chi connectivity index (χ1) is 9.20. The molecule has 100 valence electrons. The van der Waals surface area contributed by atoms with Crippen molar-refractivity contribution in [1.29, 1.82) is 0 Å².